The zero-order chi connectivity index (χ0) is 13.8. The number of hydrogen-bond donors (Lipinski definition) is 3. The molecule has 0 fully saturated rings. The third-order valence-corrected chi connectivity index (χ3v) is 3.57. The molecule has 102 valence electrons. The van der Waals surface area contributed by atoms with E-state index in [0.29, 0.717) is 12.4 Å². The molecule has 0 atom stereocenters. The summed E-state index contributed by atoms with van der Waals surface area (Å²) in [6.45, 7) is 6.59. The van der Waals surface area contributed by atoms with Crippen LogP contribution in [0.2, 0.25) is 0 Å². The smallest absolute Gasteiger partial charge is 0.148 e. The summed E-state index contributed by atoms with van der Waals surface area (Å²) in [4.78, 5) is 13.2. The molecular formula is C12H18N6S. The lowest BCUT2D eigenvalue weighted by Crippen LogP contribution is -2.14. The van der Waals surface area contributed by atoms with E-state index in [4.69, 9.17) is 5.84 Å². The Hall–Kier alpha value is -1.73. The summed E-state index contributed by atoms with van der Waals surface area (Å²) in [6, 6.07) is 0. The van der Waals surface area contributed by atoms with Gasteiger partial charge < -0.3 is 10.7 Å². The second-order valence-electron chi connectivity index (χ2n) is 4.17. The summed E-state index contributed by atoms with van der Waals surface area (Å²) in [5, 5.41) is 6.40. The van der Waals surface area contributed by atoms with Crippen LogP contribution in [0.4, 0.5) is 11.6 Å². The molecule has 0 bridgehead atoms. The summed E-state index contributed by atoms with van der Waals surface area (Å²) in [7, 11) is 0. The van der Waals surface area contributed by atoms with Gasteiger partial charge in [-0.3, -0.25) is 0 Å². The minimum absolute atomic E-state index is 0.648. The fourth-order valence-electron chi connectivity index (χ4n) is 1.70. The first-order valence-electron chi connectivity index (χ1n) is 6.13. The maximum absolute atomic E-state index is 5.48. The van der Waals surface area contributed by atoms with Crippen LogP contribution in [0, 0.1) is 13.8 Å². The molecule has 0 spiro atoms. The lowest BCUT2D eigenvalue weighted by atomic mass is 10.3. The largest absolute Gasteiger partial charge is 0.364 e. The first-order valence-corrected chi connectivity index (χ1v) is 7.01. The molecule has 7 heteroatoms. The molecule has 0 aliphatic heterocycles. The molecule has 0 amide bonds. The van der Waals surface area contributed by atoms with E-state index in [2.05, 4.69) is 25.7 Å². The van der Waals surface area contributed by atoms with Gasteiger partial charge in [0.25, 0.3) is 0 Å². The first kappa shape index (κ1) is 13.7. The molecule has 6 nitrogen and oxygen atoms in total. The minimum Gasteiger partial charge on any atom is -0.364 e. The normalized spacial score (nSPS) is 10.5. The number of hydrogen-bond acceptors (Lipinski definition) is 7. The molecule has 4 N–H and O–H groups in total. The van der Waals surface area contributed by atoms with Crippen LogP contribution < -0.4 is 16.6 Å². The average Bonchev–Trinajstić information content (AvgIpc) is 2.83. The van der Waals surface area contributed by atoms with Gasteiger partial charge in [0, 0.05) is 17.4 Å². The second-order valence-corrected chi connectivity index (χ2v) is 5.23. The molecule has 0 unspecified atom stereocenters. The number of nitrogens with zero attached hydrogens (tertiary/aromatic N) is 3. The summed E-state index contributed by atoms with van der Waals surface area (Å²) in [6.07, 6.45) is 0.763. The fraction of sp³-hybridized carbons (Fsp3) is 0.417. The van der Waals surface area contributed by atoms with E-state index < -0.39 is 0 Å². The Morgan fingerprint density at radius 2 is 1.95 bits per heavy atom. The zero-order valence-corrected chi connectivity index (χ0v) is 12.1. The van der Waals surface area contributed by atoms with E-state index in [1.54, 1.807) is 11.3 Å². The van der Waals surface area contributed by atoms with Gasteiger partial charge in [0.1, 0.15) is 17.5 Å². The van der Waals surface area contributed by atoms with Gasteiger partial charge in [-0.1, -0.05) is 6.92 Å². The highest BCUT2D eigenvalue weighted by Gasteiger charge is 2.09. The topological polar surface area (TPSA) is 88.8 Å². The summed E-state index contributed by atoms with van der Waals surface area (Å²) < 4.78 is 0. The van der Waals surface area contributed by atoms with Crippen molar-refractivity contribution in [2.45, 2.75) is 33.7 Å². The van der Waals surface area contributed by atoms with Gasteiger partial charge in [0.15, 0.2) is 0 Å². The molecule has 19 heavy (non-hydrogen) atoms. The number of nitrogens with two attached hydrogens (primary N) is 1. The van der Waals surface area contributed by atoms with Crippen LogP contribution in [0.1, 0.15) is 29.0 Å². The van der Waals surface area contributed by atoms with Gasteiger partial charge in [0.2, 0.25) is 0 Å². The summed E-state index contributed by atoms with van der Waals surface area (Å²) in [5.74, 6) is 7.69. The number of nitrogens with one attached hydrogen (secondary N) is 2. The Balaban J connectivity index is 2.19. The molecule has 0 aliphatic carbocycles. The molecule has 0 aliphatic rings. The van der Waals surface area contributed by atoms with Gasteiger partial charge in [0.05, 0.1) is 17.2 Å². The molecule has 0 radical (unpaired) electrons. The lowest BCUT2D eigenvalue weighted by molar-refractivity contribution is 0.917. The number of hydrazine groups is 1. The van der Waals surface area contributed by atoms with E-state index in [1.807, 2.05) is 26.2 Å². The van der Waals surface area contributed by atoms with E-state index in [9.17, 15) is 0 Å². The third-order valence-electron chi connectivity index (χ3n) is 2.75. The average molecular weight is 278 g/mol. The Morgan fingerprint density at radius 3 is 2.53 bits per heavy atom. The van der Waals surface area contributed by atoms with Gasteiger partial charge in [-0.2, -0.15) is 0 Å². The maximum atomic E-state index is 5.48. The quantitative estimate of drug-likeness (QED) is 0.572. The van der Waals surface area contributed by atoms with Gasteiger partial charge in [-0.25, -0.2) is 20.8 Å². The molecule has 0 saturated carbocycles. The van der Waals surface area contributed by atoms with Crippen molar-refractivity contribution < 1.29 is 0 Å². The standard InChI is InChI=1S/C12H18N6S/c1-4-10-16-11(7(2)12(17-10)18-13)14-5-9-6-19-8(3)15-9/h6H,4-5,13H2,1-3H3,(H2,14,16,17,18). The van der Waals surface area contributed by atoms with E-state index in [0.717, 1.165) is 34.3 Å². The number of anilines is 2. The predicted molar refractivity (Wildman–Crippen MR) is 78.1 cm³/mol. The van der Waals surface area contributed by atoms with Crippen LogP contribution in [-0.2, 0) is 13.0 Å². The van der Waals surface area contributed by atoms with Crippen molar-refractivity contribution in [3.63, 3.8) is 0 Å². The highest BCUT2D eigenvalue weighted by molar-refractivity contribution is 7.09. The van der Waals surface area contributed by atoms with Crippen LogP contribution >= 0.6 is 11.3 Å². The lowest BCUT2D eigenvalue weighted by Gasteiger charge is -2.12. The Bertz CT molecular complexity index is 565. The molecular weight excluding hydrogens is 260 g/mol. The summed E-state index contributed by atoms with van der Waals surface area (Å²) in [5.41, 5.74) is 4.53. The van der Waals surface area contributed by atoms with E-state index in [-0.39, 0.29) is 0 Å². The van der Waals surface area contributed by atoms with Crippen LogP contribution in [0.25, 0.3) is 0 Å². The Kier molecular flexibility index (Phi) is 4.28. The minimum atomic E-state index is 0.648. The van der Waals surface area contributed by atoms with Crippen molar-refractivity contribution in [3.8, 4) is 0 Å². The van der Waals surface area contributed by atoms with Gasteiger partial charge in [-0.05, 0) is 13.8 Å². The third kappa shape index (κ3) is 3.18. The zero-order valence-electron chi connectivity index (χ0n) is 11.3. The highest BCUT2D eigenvalue weighted by atomic mass is 32.1. The monoisotopic (exact) mass is 278 g/mol. The predicted octanol–water partition coefficient (Wildman–Crippen LogP) is 2.01. The molecule has 2 aromatic rings. The number of aryl methyl sites for hydroxylation is 2. The SMILES string of the molecule is CCc1nc(NN)c(C)c(NCc2csc(C)n2)n1. The van der Waals surface area contributed by atoms with Gasteiger partial charge in [-0.15, -0.1) is 11.3 Å². The molecule has 0 aromatic carbocycles. The van der Waals surface area contributed by atoms with Crippen molar-refractivity contribution >= 4 is 23.0 Å². The van der Waals surface area contributed by atoms with E-state index in [1.165, 1.54) is 0 Å². The van der Waals surface area contributed by atoms with Crippen molar-refractivity contribution in [1.82, 2.24) is 15.0 Å². The molecule has 2 heterocycles. The number of rotatable bonds is 5. The van der Waals surface area contributed by atoms with Crippen molar-refractivity contribution in [2.75, 3.05) is 10.7 Å². The first-order chi connectivity index (χ1) is 9.13. The van der Waals surface area contributed by atoms with Crippen molar-refractivity contribution in [1.29, 1.82) is 0 Å². The Morgan fingerprint density at radius 1 is 1.21 bits per heavy atom. The van der Waals surface area contributed by atoms with Crippen molar-refractivity contribution in [3.05, 3.63) is 27.5 Å². The molecule has 2 rings (SSSR count). The van der Waals surface area contributed by atoms with Crippen LogP contribution in [0.3, 0.4) is 0 Å². The molecule has 2 aromatic heterocycles. The number of nitrogen functional groups attached to an aromatic ring is 1. The van der Waals surface area contributed by atoms with Gasteiger partial charge >= 0.3 is 0 Å². The second kappa shape index (κ2) is 5.94. The summed E-state index contributed by atoms with van der Waals surface area (Å²) >= 11 is 1.64. The van der Waals surface area contributed by atoms with Crippen LogP contribution in [0.15, 0.2) is 5.38 Å². The fourth-order valence-corrected chi connectivity index (χ4v) is 2.31. The Labute approximate surface area is 116 Å². The number of thiazole rings is 1. The van der Waals surface area contributed by atoms with E-state index >= 15 is 0 Å². The van der Waals surface area contributed by atoms with Crippen molar-refractivity contribution in [2.24, 2.45) is 5.84 Å². The van der Waals surface area contributed by atoms with Crippen LogP contribution in [0.5, 0.6) is 0 Å². The maximum Gasteiger partial charge on any atom is 0.148 e. The molecule has 0 saturated heterocycles. The van der Waals surface area contributed by atoms with Crippen LogP contribution in [-0.4, -0.2) is 15.0 Å². The highest BCUT2D eigenvalue weighted by Crippen LogP contribution is 2.20. The number of aromatic nitrogens is 3.